The average Bonchev–Trinajstić information content (AvgIpc) is 3.36. The number of anilines is 2. The van der Waals surface area contributed by atoms with E-state index in [1.165, 1.54) is 6.20 Å². The number of halogens is 2. The van der Waals surface area contributed by atoms with Crippen LogP contribution in [0.3, 0.4) is 0 Å². The van der Waals surface area contributed by atoms with E-state index in [2.05, 4.69) is 31.5 Å². The lowest BCUT2D eigenvalue weighted by Gasteiger charge is -2.18. The highest BCUT2D eigenvalue weighted by Gasteiger charge is 2.18. The molecule has 0 aliphatic carbocycles. The second kappa shape index (κ2) is 11.3. The lowest BCUT2D eigenvalue weighted by molar-refractivity contribution is 0.102. The molecule has 1 aromatic heterocycles. The van der Waals surface area contributed by atoms with Crippen LogP contribution in [0.25, 0.3) is 0 Å². The van der Waals surface area contributed by atoms with E-state index in [0.717, 1.165) is 31.5 Å². The van der Waals surface area contributed by atoms with Crippen LogP contribution in [0.1, 0.15) is 46.5 Å². The molecule has 34 heavy (non-hydrogen) atoms. The standard InChI is InChI=1S/C24H21BrClN5O2.CH4/c25-17-7-9-20(19(13-17)24(33)30-21-10-8-18(26)14-28-21)29-23(32)16-5-3-15(4-6-16)22(27)31-11-1-2-12-31;/h3-10,13-14,27H,1-2,11-12H2,(H,29,32)(H,28,30,33);1H4. The molecule has 7 nitrogen and oxygen atoms in total. The van der Waals surface area contributed by atoms with E-state index in [9.17, 15) is 9.59 Å². The Morgan fingerprint density at radius 1 is 0.941 bits per heavy atom. The third kappa shape index (κ3) is 6.01. The molecule has 0 bridgehead atoms. The van der Waals surface area contributed by atoms with Gasteiger partial charge in [0, 0.05) is 34.9 Å². The van der Waals surface area contributed by atoms with Crippen LogP contribution in [-0.2, 0) is 0 Å². The Balaban J connectivity index is 0.00000324. The molecule has 0 spiro atoms. The van der Waals surface area contributed by atoms with Crippen molar-refractivity contribution in [3.05, 3.63) is 87.0 Å². The van der Waals surface area contributed by atoms with E-state index >= 15 is 0 Å². The number of aromatic nitrogens is 1. The molecule has 1 fully saturated rings. The summed E-state index contributed by atoms with van der Waals surface area (Å²) in [5.41, 5.74) is 1.85. The Bertz CT molecular complexity index is 1190. The second-order valence-corrected chi connectivity index (χ2v) is 8.93. The zero-order chi connectivity index (χ0) is 23.4. The van der Waals surface area contributed by atoms with Gasteiger partial charge >= 0.3 is 0 Å². The number of rotatable bonds is 5. The maximum absolute atomic E-state index is 12.9. The van der Waals surface area contributed by atoms with Gasteiger partial charge in [-0.05, 0) is 55.3 Å². The largest absolute Gasteiger partial charge is 0.357 e. The molecule has 4 rings (SSSR count). The lowest BCUT2D eigenvalue weighted by Crippen LogP contribution is -2.27. The van der Waals surface area contributed by atoms with E-state index in [0.29, 0.717) is 32.4 Å². The maximum atomic E-state index is 12.9. The Hall–Kier alpha value is -3.23. The van der Waals surface area contributed by atoms with Gasteiger partial charge in [0.05, 0.1) is 16.3 Å². The molecule has 176 valence electrons. The lowest BCUT2D eigenvalue weighted by atomic mass is 10.1. The van der Waals surface area contributed by atoms with Gasteiger partial charge < -0.3 is 15.5 Å². The number of hydrogen-bond acceptors (Lipinski definition) is 4. The average molecular weight is 543 g/mol. The number of nitrogens with one attached hydrogen (secondary N) is 3. The van der Waals surface area contributed by atoms with Gasteiger partial charge in [0.2, 0.25) is 0 Å². The molecule has 3 aromatic rings. The van der Waals surface area contributed by atoms with Gasteiger partial charge in [-0.3, -0.25) is 15.0 Å². The quantitative estimate of drug-likeness (QED) is 0.270. The molecular formula is C25H25BrClN5O2. The molecule has 0 saturated carbocycles. The van der Waals surface area contributed by atoms with Gasteiger partial charge in [0.15, 0.2) is 0 Å². The number of benzene rings is 2. The first-order valence-electron chi connectivity index (χ1n) is 10.4. The van der Waals surface area contributed by atoms with Gasteiger partial charge in [0.1, 0.15) is 11.7 Å². The van der Waals surface area contributed by atoms with Crippen LogP contribution in [0, 0.1) is 5.41 Å². The number of carbonyl (C=O) groups is 2. The number of likely N-dealkylation sites (tertiary alicyclic amines) is 1. The first-order valence-corrected chi connectivity index (χ1v) is 11.6. The Morgan fingerprint density at radius 2 is 1.62 bits per heavy atom. The van der Waals surface area contributed by atoms with E-state index in [1.54, 1.807) is 54.6 Å². The summed E-state index contributed by atoms with van der Waals surface area (Å²) in [5.74, 6) is 0.0471. The van der Waals surface area contributed by atoms with Gasteiger partial charge in [0.25, 0.3) is 11.8 Å². The van der Waals surface area contributed by atoms with Gasteiger partial charge in [-0.2, -0.15) is 0 Å². The van der Waals surface area contributed by atoms with Crippen molar-refractivity contribution in [2.45, 2.75) is 20.3 Å². The molecule has 1 saturated heterocycles. The van der Waals surface area contributed by atoms with Gasteiger partial charge in [-0.1, -0.05) is 47.1 Å². The summed E-state index contributed by atoms with van der Waals surface area (Å²) in [7, 11) is 0. The zero-order valence-corrected chi connectivity index (χ0v) is 19.9. The molecule has 1 aliphatic heterocycles. The smallest absolute Gasteiger partial charge is 0.258 e. The Labute approximate surface area is 212 Å². The van der Waals surface area contributed by atoms with E-state index in [4.69, 9.17) is 17.0 Å². The minimum absolute atomic E-state index is 0. The number of hydrogen-bond donors (Lipinski definition) is 3. The van der Waals surface area contributed by atoms with Crippen molar-refractivity contribution in [2.24, 2.45) is 0 Å². The summed E-state index contributed by atoms with van der Waals surface area (Å²) in [6, 6.07) is 15.2. The minimum atomic E-state index is -0.421. The zero-order valence-electron chi connectivity index (χ0n) is 17.6. The molecule has 2 aromatic carbocycles. The van der Waals surface area contributed by atoms with Crippen molar-refractivity contribution in [1.82, 2.24) is 9.88 Å². The molecule has 0 unspecified atom stereocenters. The summed E-state index contributed by atoms with van der Waals surface area (Å²) >= 11 is 9.21. The minimum Gasteiger partial charge on any atom is -0.357 e. The van der Waals surface area contributed by atoms with Gasteiger partial charge in [-0.15, -0.1) is 0 Å². The van der Waals surface area contributed by atoms with E-state index < -0.39 is 5.91 Å². The van der Waals surface area contributed by atoms with Crippen LogP contribution < -0.4 is 10.6 Å². The summed E-state index contributed by atoms with van der Waals surface area (Å²) in [4.78, 5) is 31.8. The van der Waals surface area contributed by atoms with Crippen molar-refractivity contribution in [1.29, 1.82) is 5.41 Å². The van der Waals surface area contributed by atoms with Gasteiger partial charge in [-0.25, -0.2) is 4.98 Å². The molecular weight excluding hydrogens is 518 g/mol. The second-order valence-electron chi connectivity index (χ2n) is 7.58. The van der Waals surface area contributed by atoms with Crippen LogP contribution in [0.2, 0.25) is 5.02 Å². The fourth-order valence-electron chi connectivity index (χ4n) is 3.54. The van der Waals surface area contributed by atoms with Crippen LogP contribution in [0.4, 0.5) is 11.5 Å². The topological polar surface area (TPSA) is 98.2 Å². The number of amides is 2. The molecule has 9 heteroatoms. The summed E-state index contributed by atoms with van der Waals surface area (Å²) in [6.07, 6.45) is 3.63. The third-order valence-electron chi connectivity index (χ3n) is 5.29. The SMILES string of the molecule is C.N=C(c1ccc(C(=O)Nc2ccc(Br)cc2C(=O)Nc2ccc(Cl)cn2)cc1)N1CCCC1. The van der Waals surface area contributed by atoms with Crippen molar-refractivity contribution >= 4 is 56.7 Å². The van der Waals surface area contributed by atoms with Crippen LogP contribution >= 0.6 is 27.5 Å². The first kappa shape index (κ1) is 25.4. The molecule has 1 aliphatic rings. The monoisotopic (exact) mass is 541 g/mol. The van der Waals surface area contributed by atoms with Crippen LogP contribution in [0.15, 0.2) is 65.3 Å². The highest BCUT2D eigenvalue weighted by Crippen LogP contribution is 2.23. The number of pyridine rings is 1. The van der Waals surface area contributed by atoms with Crippen LogP contribution in [-0.4, -0.2) is 40.6 Å². The summed E-state index contributed by atoms with van der Waals surface area (Å²) < 4.78 is 0.694. The number of nitrogens with zero attached hydrogens (tertiary/aromatic N) is 2. The maximum Gasteiger partial charge on any atom is 0.258 e. The summed E-state index contributed by atoms with van der Waals surface area (Å²) in [5, 5.41) is 14.3. The Kier molecular flexibility index (Phi) is 8.41. The number of carbonyl (C=O) groups excluding carboxylic acids is 2. The van der Waals surface area contributed by atoms with Crippen molar-refractivity contribution in [2.75, 3.05) is 23.7 Å². The number of amidine groups is 1. The molecule has 2 amide bonds. The normalized spacial score (nSPS) is 12.6. The first-order chi connectivity index (χ1) is 15.9. The molecule has 2 heterocycles. The predicted octanol–water partition coefficient (Wildman–Crippen LogP) is 6.06. The predicted molar refractivity (Wildman–Crippen MR) is 140 cm³/mol. The van der Waals surface area contributed by atoms with E-state index in [-0.39, 0.29) is 18.9 Å². The highest BCUT2D eigenvalue weighted by atomic mass is 79.9. The Morgan fingerprint density at radius 3 is 2.26 bits per heavy atom. The fourth-order valence-corrected chi connectivity index (χ4v) is 4.02. The highest BCUT2D eigenvalue weighted by molar-refractivity contribution is 9.10. The van der Waals surface area contributed by atoms with Crippen molar-refractivity contribution < 1.29 is 9.59 Å². The van der Waals surface area contributed by atoms with Crippen molar-refractivity contribution in [3.63, 3.8) is 0 Å². The molecule has 0 radical (unpaired) electrons. The van der Waals surface area contributed by atoms with E-state index in [1.807, 2.05) is 4.90 Å². The summed E-state index contributed by atoms with van der Waals surface area (Å²) in [6.45, 7) is 1.78. The fraction of sp³-hybridized carbons (Fsp3) is 0.200. The molecule has 0 atom stereocenters. The molecule has 3 N–H and O–H groups in total. The third-order valence-corrected chi connectivity index (χ3v) is 6.00. The van der Waals surface area contributed by atoms with Crippen LogP contribution in [0.5, 0.6) is 0 Å². The van der Waals surface area contributed by atoms with Crippen molar-refractivity contribution in [3.8, 4) is 0 Å².